The maximum Gasteiger partial charge on any atom is 0.345 e. The molecule has 2 N–H and O–H groups in total. The number of amides is 2. The summed E-state index contributed by atoms with van der Waals surface area (Å²) in [5.74, 6) is 0.0280. The molecular formula is C10H8N2O2. The van der Waals surface area contributed by atoms with Gasteiger partial charge in [0.25, 0.3) is 0 Å². The van der Waals surface area contributed by atoms with Crippen LogP contribution < -0.4 is 5.32 Å². The Labute approximate surface area is 80.6 Å². The molecule has 0 saturated heterocycles. The SMILES string of the molecule is O=C1N=CC(=C(O)c2ccccc2)N1. The lowest BCUT2D eigenvalue weighted by atomic mass is 10.1. The van der Waals surface area contributed by atoms with Crippen LogP contribution in [-0.2, 0) is 0 Å². The smallest absolute Gasteiger partial charge is 0.345 e. The van der Waals surface area contributed by atoms with E-state index in [2.05, 4.69) is 10.3 Å². The molecule has 4 heteroatoms. The van der Waals surface area contributed by atoms with Crippen molar-refractivity contribution in [1.82, 2.24) is 5.32 Å². The van der Waals surface area contributed by atoms with Gasteiger partial charge in [-0.3, -0.25) is 0 Å². The van der Waals surface area contributed by atoms with Crippen molar-refractivity contribution >= 4 is 18.0 Å². The predicted octanol–water partition coefficient (Wildman–Crippen LogP) is 1.71. The number of aliphatic hydroxyl groups excluding tert-OH is 1. The Morgan fingerprint density at radius 3 is 2.57 bits per heavy atom. The van der Waals surface area contributed by atoms with E-state index >= 15 is 0 Å². The van der Waals surface area contributed by atoms with Gasteiger partial charge in [-0.1, -0.05) is 30.3 Å². The first kappa shape index (κ1) is 8.50. The lowest BCUT2D eigenvalue weighted by Crippen LogP contribution is -2.13. The van der Waals surface area contributed by atoms with Gasteiger partial charge in [-0.2, -0.15) is 4.99 Å². The molecule has 0 unspecified atom stereocenters. The highest BCUT2D eigenvalue weighted by molar-refractivity contribution is 6.04. The third-order valence-electron chi connectivity index (χ3n) is 1.85. The fourth-order valence-electron chi connectivity index (χ4n) is 1.17. The Kier molecular flexibility index (Phi) is 2.02. The average Bonchev–Trinajstić information content (AvgIpc) is 2.65. The number of benzene rings is 1. The molecule has 1 aliphatic rings. The van der Waals surface area contributed by atoms with Gasteiger partial charge in [0, 0.05) is 5.56 Å². The van der Waals surface area contributed by atoms with Crippen LogP contribution in [0.3, 0.4) is 0 Å². The number of allylic oxidation sites excluding steroid dienone is 1. The van der Waals surface area contributed by atoms with Gasteiger partial charge in [0.05, 0.1) is 6.21 Å². The first-order valence-electron chi connectivity index (χ1n) is 4.11. The zero-order valence-corrected chi connectivity index (χ0v) is 7.27. The van der Waals surface area contributed by atoms with Crippen molar-refractivity contribution in [3.05, 3.63) is 41.6 Å². The number of nitrogens with zero attached hydrogens (tertiary/aromatic N) is 1. The van der Waals surface area contributed by atoms with Gasteiger partial charge in [0.15, 0.2) is 0 Å². The summed E-state index contributed by atoms with van der Waals surface area (Å²) in [7, 11) is 0. The molecule has 0 fully saturated rings. The van der Waals surface area contributed by atoms with Crippen LogP contribution in [0.4, 0.5) is 4.79 Å². The molecule has 4 nitrogen and oxygen atoms in total. The number of rotatable bonds is 1. The van der Waals surface area contributed by atoms with Crippen LogP contribution in [0.15, 0.2) is 41.0 Å². The summed E-state index contributed by atoms with van der Waals surface area (Å²) < 4.78 is 0. The van der Waals surface area contributed by atoms with Crippen molar-refractivity contribution in [2.45, 2.75) is 0 Å². The van der Waals surface area contributed by atoms with E-state index in [4.69, 9.17) is 0 Å². The second kappa shape index (κ2) is 3.33. The first-order chi connectivity index (χ1) is 6.77. The molecule has 0 saturated carbocycles. The highest BCUT2D eigenvalue weighted by Gasteiger charge is 2.13. The topological polar surface area (TPSA) is 61.7 Å². The summed E-state index contributed by atoms with van der Waals surface area (Å²) in [6.07, 6.45) is 1.31. The summed E-state index contributed by atoms with van der Waals surface area (Å²) in [5, 5.41) is 12.1. The second-order valence-corrected chi connectivity index (χ2v) is 2.82. The van der Waals surface area contributed by atoms with E-state index in [0.29, 0.717) is 11.3 Å². The lowest BCUT2D eigenvalue weighted by Gasteiger charge is -2.02. The summed E-state index contributed by atoms with van der Waals surface area (Å²) in [6.45, 7) is 0. The molecule has 2 amide bonds. The molecule has 0 radical (unpaired) electrons. The van der Waals surface area contributed by atoms with Gasteiger partial charge in [-0.25, -0.2) is 4.79 Å². The molecule has 0 atom stereocenters. The molecule has 0 spiro atoms. The molecule has 1 aliphatic heterocycles. The van der Waals surface area contributed by atoms with Crippen molar-refractivity contribution in [1.29, 1.82) is 0 Å². The molecular weight excluding hydrogens is 180 g/mol. The van der Waals surface area contributed by atoms with Crippen LogP contribution in [0.5, 0.6) is 0 Å². The normalized spacial score (nSPS) is 18.1. The van der Waals surface area contributed by atoms with Gasteiger partial charge in [-0.15, -0.1) is 0 Å². The minimum absolute atomic E-state index is 0.0280. The van der Waals surface area contributed by atoms with Crippen LogP contribution in [0, 0.1) is 0 Å². The number of aliphatic imine (C=N–C) groups is 1. The largest absolute Gasteiger partial charge is 0.505 e. The molecule has 0 aromatic heterocycles. The van der Waals surface area contributed by atoms with Crippen LogP contribution in [0.25, 0.3) is 5.76 Å². The van der Waals surface area contributed by atoms with Crippen molar-refractivity contribution < 1.29 is 9.90 Å². The third-order valence-corrected chi connectivity index (χ3v) is 1.85. The molecule has 1 heterocycles. The van der Waals surface area contributed by atoms with Crippen molar-refractivity contribution in [2.24, 2.45) is 4.99 Å². The van der Waals surface area contributed by atoms with E-state index in [0.717, 1.165) is 0 Å². The molecule has 0 aliphatic carbocycles. The average molecular weight is 188 g/mol. The standard InChI is InChI=1S/C10H8N2O2/c13-9(7-4-2-1-3-5-7)8-6-11-10(14)12-8/h1-6,13H,(H,12,14). The first-order valence-corrected chi connectivity index (χ1v) is 4.11. The van der Waals surface area contributed by atoms with E-state index in [9.17, 15) is 9.90 Å². The fraction of sp³-hybridized carbons (Fsp3) is 0. The van der Waals surface area contributed by atoms with Gasteiger partial charge in [0.2, 0.25) is 0 Å². The van der Waals surface area contributed by atoms with Crippen molar-refractivity contribution in [2.75, 3.05) is 0 Å². The third kappa shape index (κ3) is 1.50. The van der Waals surface area contributed by atoms with Crippen LogP contribution in [-0.4, -0.2) is 17.4 Å². The summed E-state index contributed by atoms with van der Waals surface area (Å²) in [5.41, 5.74) is 0.984. The van der Waals surface area contributed by atoms with E-state index in [-0.39, 0.29) is 5.76 Å². The Balaban J connectivity index is 2.37. The van der Waals surface area contributed by atoms with E-state index in [1.165, 1.54) is 6.21 Å². The second-order valence-electron chi connectivity index (χ2n) is 2.82. The highest BCUT2D eigenvalue weighted by atomic mass is 16.3. The number of hydrogen-bond acceptors (Lipinski definition) is 2. The fourth-order valence-corrected chi connectivity index (χ4v) is 1.17. The number of urea groups is 1. The summed E-state index contributed by atoms with van der Waals surface area (Å²) in [6, 6.07) is 8.51. The zero-order valence-electron chi connectivity index (χ0n) is 7.27. The van der Waals surface area contributed by atoms with Crippen molar-refractivity contribution in [3.63, 3.8) is 0 Å². The number of carbonyl (C=O) groups is 1. The molecule has 14 heavy (non-hydrogen) atoms. The molecule has 0 bridgehead atoms. The number of carbonyl (C=O) groups excluding carboxylic acids is 1. The lowest BCUT2D eigenvalue weighted by molar-refractivity contribution is 0.253. The van der Waals surface area contributed by atoms with E-state index in [1.807, 2.05) is 6.07 Å². The quantitative estimate of drug-likeness (QED) is 0.659. The van der Waals surface area contributed by atoms with E-state index in [1.54, 1.807) is 24.3 Å². The van der Waals surface area contributed by atoms with Gasteiger partial charge >= 0.3 is 6.03 Å². The van der Waals surface area contributed by atoms with E-state index < -0.39 is 6.03 Å². The molecule has 2 rings (SSSR count). The van der Waals surface area contributed by atoms with Gasteiger partial charge < -0.3 is 10.4 Å². The predicted molar refractivity (Wildman–Crippen MR) is 53.0 cm³/mol. The molecule has 1 aromatic rings. The number of hydrogen-bond donors (Lipinski definition) is 2. The zero-order chi connectivity index (χ0) is 9.97. The monoisotopic (exact) mass is 188 g/mol. The number of nitrogens with one attached hydrogen (secondary N) is 1. The number of aliphatic hydroxyl groups is 1. The highest BCUT2D eigenvalue weighted by Crippen LogP contribution is 2.14. The van der Waals surface area contributed by atoms with Crippen LogP contribution in [0.1, 0.15) is 5.56 Å². The maximum absolute atomic E-state index is 10.7. The molecule has 70 valence electrons. The maximum atomic E-state index is 10.7. The summed E-state index contributed by atoms with van der Waals surface area (Å²) >= 11 is 0. The minimum Gasteiger partial charge on any atom is -0.505 e. The summed E-state index contributed by atoms with van der Waals surface area (Å²) in [4.78, 5) is 14.2. The Morgan fingerprint density at radius 1 is 1.29 bits per heavy atom. The van der Waals surface area contributed by atoms with Crippen LogP contribution in [0.2, 0.25) is 0 Å². The van der Waals surface area contributed by atoms with Crippen LogP contribution >= 0.6 is 0 Å². The van der Waals surface area contributed by atoms with Gasteiger partial charge in [-0.05, 0) is 0 Å². The minimum atomic E-state index is -0.456. The van der Waals surface area contributed by atoms with Crippen molar-refractivity contribution in [3.8, 4) is 0 Å². The Morgan fingerprint density at radius 2 is 2.00 bits per heavy atom. The Hall–Kier alpha value is -2.10. The van der Waals surface area contributed by atoms with Gasteiger partial charge in [0.1, 0.15) is 11.5 Å². The Bertz CT molecular complexity index is 421. The molecule has 1 aromatic carbocycles.